The SMILES string of the molecule is CCC1(C)CCSC(=NC(C(=O)OC)C(C)C)N1. The molecule has 104 valence electrons. The number of hydrogen-bond acceptors (Lipinski definition) is 4. The van der Waals surface area contributed by atoms with Gasteiger partial charge in [-0.05, 0) is 25.7 Å². The Bertz CT molecular complexity index is 331. The molecule has 0 amide bonds. The maximum atomic E-state index is 11.7. The van der Waals surface area contributed by atoms with Crippen LogP contribution in [0.5, 0.6) is 0 Å². The Kier molecular flexibility index (Phi) is 5.50. The molecule has 0 aromatic rings. The highest BCUT2D eigenvalue weighted by atomic mass is 32.2. The molecule has 0 bridgehead atoms. The number of carbonyl (C=O) groups excluding carboxylic acids is 1. The third-order valence-electron chi connectivity index (χ3n) is 3.41. The molecule has 0 aliphatic carbocycles. The molecule has 1 N–H and O–H groups in total. The van der Waals surface area contributed by atoms with Crippen LogP contribution in [0.3, 0.4) is 0 Å². The van der Waals surface area contributed by atoms with E-state index in [1.54, 1.807) is 11.8 Å². The van der Waals surface area contributed by atoms with Crippen molar-refractivity contribution in [3.8, 4) is 0 Å². The summed E-state index contributed by atoms with van der Waals surface area (Å²) < 4.78 is 4.81. The van der Waals surface area contributed by atoms with Crippen molar-refractivity contribution in [1.29, 1.82) is 0 Å². The predicted octanol–water partition coefficient (Wildman–Crippen LogP) is 2.44. The lowest BCUT2D eigenvalue weighted by molar-refractivity contribution is -0.143. The first-order valence-electron chi connectivity index (χ1n) is 6.48. The van der Waals surface area contributed by atoms with Gasteiger partial charge < -0.3 is 10.1 Å². The van der Waals surface area contributed by atoms with E-state index >= 15 is 0 Å². The van der Waals surface area contributed by atoms with E-state index in [0.29, 0.717) is 0 Å². The minimum absolute atomic E-state index is 0.0989. The number of amidine groups is 1. The van der Waals surface area contributed by atoms with Crippen molar-refractivity contribution in [1.82, 2.24) is 5.32 Å². The molecular weight excluding hydrogens is 248 g/mol. The molecular formula is C13H24N2O2S. The van der Waals surface area contributed by atoms with Gasteiger partial charge in [0, 0.05) is 11.3 Å². The summed E-state index contributed by atoms with van der Waals surface area (Å²) in [7, 11) is 1.41. The van der Waals surface area contributed by atoms with E-state index in [0.717, 1.165) is 23.8 Å². The van der Waals surface area contributed by atoms with Gasteiger partial charge >= 0.3 is 5.97 Å². The first-order chi connectivity index (χ1) is 8.41. The van der Waals surface area contributed by atoms with Gasteiger partial charge in [-0.3, -0.25) is 0 Å². The smallest absolute Gasteiger partial charge is 0.330 e. The number of methoxy groups -OCH3 is 1. The summed E-state index contributed by atoms with van der Waals surface area (Å²) in [6.07, 6.45) is 2.18. The lowest BCUT2D eigenvalue weighted by Gasteiger charge is -2.35. The number of rotatable bonds is 4. The van der Waals surface area contributed by atoms with E-state index < -0.39 is 6.04 Å². The van der Waals surface area contributed by atoms with Crippen LogP contribution in [0.1, 0.15) is 40.5 Å². The molecule has 0 saturated carbocycles. The Morgan fingerprint density at radius 3 is 2.78 bits per heavy atom. The van der Waals surface area contributed by atoms with Gasteiger partial charge in [0.2, 0.25) is 0 Å². The summed E-state index contributed by atoms with van der Waals surface area (Å²) >= 11 is 1.69. The summed E-state index contributed by atoms with van der Waals surface area (Å²) in [6, 6.07) is -0.413. The Labute approximate surface area is 114 Å². The van der Waals surface area contributed by atoms with E-state index in [1.165, 1.54) is 7.11 Å². The number of ether oxygens (including phenoxy) is 1. The van der Waals surface area contributed by atoms with E-state index in [4.69, 9.17) is 4.74 Å². The average molecular weight is 272 g/mol. The molecule has 1 saturated heterocycles. The van der Waals surface area contributed by atoms with Crippen molar-refractivity contribution in [2.75, 3.05) is 12.9 Å². The van der Waals surface area contributed by atoms with Crippen molar-refractivity contribution >= 4 is 22.9 Å². The molecule has 1 heterocycles. The van der Waals surface area contributed by atoms with Gasteiger partial charge in [0.05, 0.1) is 7.11 Å². The van der Waals surface area contributed by atoms with Crippen LogP contribution in [0, 0.1) is 5.92 Å². The van der Waals surface area contributed by atoms with Gasteiger partial charge in [-0.15, -0.1) is 0 Å². The molecule has 2 atom stereocenters. The summed E-state index contributed by atoms with van der Waals surface area (Å²) in [6.45, 7) is 8.34. The number of esters is 1. The average Bonchev–Trinajstić information content (AvgIpc) is 2.35. The minimum atomic E-state index is -0.413. The van der Waals surface area contributed by atoms with E-state index in [1.807, 2.05) is 13.8 Å². The predicted molar refractivity (Wildman–Crippen MR) is 77.0 cm³/mol. The number of carbonyl (C=O) groups is 1. The van der Waals surface area contributed by atoms with E-state index in [9.17, 15) is 4.79 Å². The first-order valence-corrected chi connectivity index (χ1v) is 7.47. The van der Waals surface area contributed by atoms with Gasteiger partial charge in [0.25, 0.3) is 0 Å². The third kappa shape index (κ3) is 3.90. The molecule has 1 aliphatic rings. The molecule has 0 spiro atoms. The Morgan fingerprint density at radius 1 is 1.61 bits per heavy atom. The van der Waals surface area contributed by atoms with Crippen molar-refractivity contribution in [3.63, 3.8) is 0 Å². The number of thioether (sulfide) groups is 1. The molecule has 1 rings (SSSR count). The normalized spacial score (nSPS) is 28.0. The lowest BCUT2D eigenvalue weighted by Crippen LogP contribution is -2.49. The highest BCUT2D eigenvalue weighted by Crippen LogP contribution is 2.25. The zero-order valence-electron chi connectivity index (χ0n) is 11.9. The zero-order valence-corrected chi connectivity index (χ0v) is 12.8. The van der Waals surface area contributed by atoms with Crippen LogP contribution < -0.4 is 5.32 Å². The molecule has 5 heteroatoms. The first kappa shape index (κ1) is 15.3. The van der Waals surface area contributed by atoms with Crippen LogP contribution in [0.4, 0.5) is 0 Å². The lowest BCUT2D eigenvalue weighted by atomic mass is 9.96. The number of hydrogen-bond donors (Lipinski definition) is 1. The fourth-order valence-electron chi connectivity index (χ4n) is 1.79. The summed E-state index contributed by atoms with van der Waals surface area (Å²) in [5, 5.41) is 4.32. The second kappa shape index (κ2) is 6.45. The molecule has 1 aliphatic heterocycles. The van der Waals surface area contributed by atoms with Crippen LogP contribution >= 0.6 is 11.8 Å². The maximum Gasteiger partial charge on any atom is 0.330 e. The van der Waals surface area contributed by atoms with E-state index in [2.05, 4.69) is 24.2 Å². The molecule has 0 aromatic heterocycles. The van der Waals surface area contributed by atoms with Crippen LogP contribution in [0.25, 0.3) is 0 Å². The van der Waals surface area contributed by atoms with Gasteiger partial charge in [-0.1, -0.05) is 32.5 Å². The zero-order chi connectivity index (χ0) is 13.8. The van der Waals surface area contributed by atoms with Crippen LogP contribution in [-0.4, -0.2) is 35.6 Å². The number of nitrogens with zero attached hydrogens (tertiary/aromatic N) is 1. The van der Waals surface area contributed by atoms with Crippen LogP contribution in [-0.2, 0) is 9.53 Å². The Morgan fingerprint density at radius 2 is 2.28 bits per heavy atom. The minimum Gasteiger partial charge on any atom is -0.467 e. The topological polar surface area (TPSA) is 50.7 Å². The number of nitrogens with one attached hydrogen (secondary N) is 1. The Hall–Kier alpha value is -0.710. The molecule has 2 unspecified atom stereocenters. The highest BCUT2D eigenvalue weighted by Gasteiger charge is 2.30. The second-order valence-electron chi connectivity index (χ2n) is 5.28. The molecule has 18 heavy (non-hydrogen) atoms. The fraction of sp³-hybridized carbons (Fsp3) is 0.846. The van der Waals surface area contributed by atoms with Crippen molar-refractivity contribution in [2.45, 2.75) is 52.1 Å². The number of aliphatic imine (C=N–C) groups is 1. The molecule has 4 nitrogen and oxygen atoms in total. The second-order valence-corrected chi connectivity index (χ2v) is 6.37. The highest BCUT2D eigenvalue weighted by molar-refractivity contribution is 8.13. The van der Waals surface area contributed by atoms with Gasteiger partial charge in [-0.2, -0.15) is 0 Å². The summed E-state index contributed by atoms with van der Waals surface area (Å²) in [4.78, 5) is 16.2. The van der Waals surface area contributed by atoms with Crippen LogP contribution in [0.2, 0.25) is 0 Å². The maximum absolute atomic E-state index is 11.7. The van der Waals surface area contributed by atoms with Gasteiger partial charge in [0.1, 0.15) is 0 Å². The van der Waals surface area contributed by atoms with Gasteiger partial charge in [0.15, 0.2) is 11.2 Å². The van der Waals surface area contributed by atoms with Gasteiger partial charge in [-0.25, -0.2) is 9.79 Å². The van der Waals surface area contributed by atoms with E-state index in [-0.39, 0.29) is 17.4 Å². The van der Waals surface area contributed by atoms with Crippen molar-refractivity contribution < 1.29 is 9.53 Å². The van der Waals surface area contributed by atoms with Crippen molar-refractivity contribution in [2.24, 2.45) is 10.9 Å². The summed E-state index contributed by atoms with van der Waals surface area (Å²) in [5.74, 6) is 0.924. The molecule has 0 aromatic carbocycles. The quantitative estimate of drug-likeness (QED) is 0.799. The monoisotopic (exact) mass is 272 g/mol. The van der Waals surface area contributed by atoms with Crippen molar-refractivity contribution in [3.05, 3.63) is 0 Å². The fourth-order valence-corrected chi connectivity index (χ4v) is 3.04. The van der Waals surface area contributed by atoms with Crippen LogP contribution in [0.15, 0.2) is 4.99 Å². The molecule has 1 fully saturated rings. The molecule has 0 radical (unpaired) electrons. The summed E-state index contributed by atoms with van der Waals surface area (Å²) in [5.41, 5.74) is 0.0989. The largest absolute Gasteiger partial charge is 0.467 e. The third-order valence-corrected chi connectivity index (χ3v) is 4.30. The standard InChI is InChI=1S/C13H24N2O2S/c1-6-13(4)7-8-18-12(15-13)14-10(9(2)3)11(16)17-5/h9-10H,6-8H2,1-5H3,(H,14,15). The Balaban J connectivity index is 2.82.